The van der Waals surface area contributed by atoms with Crippen molar-refractivity contribution in [2.45, 2.75) is 18.9 Å². The highest BCUT2D eigenvalue weighted by Gasteiger charge is 2.28. The van der Waals surface area contributed by atoms with Crippen LogP contribution in [0, 0.1) is 0 Å². The van der Waals surface area contributed by atoms with Crippen LogP contribution in [0.15, 0.2) is 65.3 Å². The van der Waals surface area contributed by atoms with Crippen molar-refractivity contribution in [3.8, 4) is 28.7 Å². The molecule has 5 rings (SSSR count). The van der Waals surface area contributed by atoms with Gasteiger partial charge < -0.3 is 14.2 Å². The Hall–Kier alpha value is -4.01. The predicted molar refractivity (Wildman–Crippen MR) is 116 cm³/mol. The lowest BCUT2D eigenvalue weighted by atomic mass is 10.0. The maximum Gasteiger partial charge on any atom is 0.280 e. The van der Waals surface area contributed by atoms with Crippen LogP contribution in [-0.2, 0) is 0 Å². The lowest BCUT2D eigenvalue weighted by molar-refractivity contribution is 0.0668. The molecule has 0 saturated carbocycles. The molecular weight excluding hydrogens is 408 g/mol. The topological polar surface area (TPSA) is 99.2 Å². The van der Waals surface area contributed by atoms with E-state index in [1.54, 1.807) is 30.1 Å². The molecule has 0 unspecified atom stereocenters. The molecule has 0 aliphatic carbocycles. The lowest BCUT2D eigenvalue weighted by Gasteiger charge is -2.32. The van der Waals surface area contributed by atoms with E-state index >= 15 is 0 Å². The van der Waals surface area contributed by atoms with Gasteiger partial charge in [-0.2, -0.15) is 4.98 Å². The molecule has 32 heavy (non-hydrogen) atoms. The minimum absolute atomic E-state index is 0.0140. The summed E-state index contributed by atoms with van der Waals surface area (Å²) >= 11 is 0. The monoisotopic (exact) mass is 430 g/mol. The van der Waals surface area contributed by atoms with E-state index in [1.807, 2.05) is 47.4 Å². The van der Waals surface area contributed by atoms with Crippen molar-refractivity contribution < 1.29 is 14.1 Å². The molecule has 1 aliphatic rings. The van der Waals surface area contributed by atoms with Gasteiger partial charge in [0.1, 0.15) is 5.75 Å². The fourth-order valence-electron chi connectivity index (χ4n) is 3.93. The molecule has 0 spiro atoms. The molecule has 1 fully saturated rings. The second-order valence-corrected chi connectivity index (χ2v) is 7.62. The number of ether oxygens (including phenoxy) is 1. The van der Waals surface area contributed by atoms with Crippen LogP contribution in [0.3, 0.4) is 0 Å². The van der Waals surface area contributed by atoms with Crippen molar-refractivity contribution in [3.05, 3.63) is 66.4 Å². The quantitative estimate of drug-likeness (QED) is 0.478. The second kappa shape index (κ2) is 8.62. The zero-order valence-electron chi connectivity index (χ0n) is 17.6. The number of benzene rings is 2. The average molecular weight is 430 g/mol. The van der Waals surface area contributed by atoms with E-state index in [0.717, 1.165) is 18.4 Å². The molecule has 0 N–H and O–H groups in total. The van der Waals surface area contributed by atoms with Crippen molar-refractivity contribution in [2.75, 3.05) is 20.2 Å². The van der Waals surface area contributed by atoms with E-state index in [4.69, 9.17) is 9.26 Å². The first-order valence-corrected chi connectivity index (χ1v) is 10.5. The average Bonchev–Trinajstić information content (AvgIpc) is 3.54. The van der Waals surface area contributed by atoms with E-state index in [9.17, 15) is 4.79 Å². The fraction of sp³-hybridized carbons (Fsp3) is 0.261. The highest BCUT2D eigenvalue weighted by molar-refractivity contribution is 5.97. The zero-order chi connectivity index (χ0) is 21.9. The summed E-state index contributed by atoms with van der Waals surface area (Å²) in [7, 11) is 1.57. The molecule has 4 aromatic rings. The number of likely N-dealkylation sites (tertiary alicyclic amines) is 1. The Bertz CT molecular complexity index is 1220. The van der Waals surface area contributed by atoms with Crippen LogP contribution in [0.25, 0.3) is 23.0 Å². The first-order valence-electron chi connectivity index (χ1n) is 10.5. The van der Waals surface area contributed by atoms with Gasteiger partial charge >= 0.3 is 0 Å². The summed E-state index contributed by atoms with van der Waals surface area (Å²) in [4.78, 5) is 19.4. The van der Waals surface area contributed by atoms with E-state index < -0.39 is 0 Å². The van der Waals surface area contributed by atoms with Crippen LogP contribution in [0.5, 0.6) is 5.75 Å². The molecule has 3 heterocycles. The second-order valence-electron chi connectivity index (χ2n) is 7.62. The van der Waals surface area contributed by atoms with Gasteiger partial charge in [-0.1, -0.05) is 52.8 Å². The van der Waals surface area contributed by atoms with Crippen molar-refractivity contribution >= 4 is 5.91 Å². The Morgan fingerprint density at radius 1 is 1.12 bits per heavy atom. The molecule has 162 valence electrons. The van der Waals surface area contributed by atoms with Crippen LogP contribution in [0.2, 0.25) is 0 Å². The highest BCUT2D eigenvalue weighted by Crippen LogP contribution is 2.27. The fourth-order valence-corrected chi connectivity index (χ4v) is 3.93. The van der Waals surface area contributed by atoms with E-state index in [1.165, 1.54) is 0 Å². The number of carbonyl (C=O) groups is 1. The van der Waals surface area contributed by atoms with Gasteiger partial charge in [0.15, 0.2) is 5.69 Å². The van der Waals surface area contributed by atoms with Crippen LogP contribution in [0.1, 0.15) is 29.2 Å². The van der Waals surface area contributed by atoms with Crippen LogP contribution >= 0.6 is 0 Å². The first-order chi connectivity index (χ1) is 15.7. The van der Waals surface area contributed by atoms with Crippen molar-refractivity contribution in [1.29, 1.82) is 0 Å². The minimum atomic E-state index is -0.0445. The molecule has 9 nitrogen and oxygen atoms in total. The Morgan fingerprint density at radius 3 is 2.78 bits per heavy atom. The van der Waals surface area contributed by atoms with Gasteiger partial charge in [0.05, 0.1) is 24.9 Å². The van der Waals surface area contributed by atoms with Gasteiger partial charge in [0.25, 0.3) is 11.8 Å². The van der Waals surface area contributed by atoms with Gasteiger partial charge in [0.2, 0.25) is 5.82 Å². The largest absolute Gasteiger partial charge is 0.496 e. The Kier molecular flexibility index (Phi) is 5.37. The summed E-state index contributed by atoms with van der Waals surface area (Å²) in [5.74, 6) is 1.35. The number of piperidine rings is 1. The van der Waals surface area contributed by atoms with E-state index in [0.29, 0.717) is 41.8 Å². The highest BCUT2D eigenvalue weighted by atomic mass is 16.5. The number of hydrogen-bond donors (Lipinski definition) is 0. The first kappa shape index (κ1) is 19.9. The smallest absolute Gasteiger partial charge is 0.280 e. The molecule has 9 heteroatoms. The number of hydrogen-bond acceptors (Lipinski definition) is 7. The number of methoxy groups -OCH3 is 1. The van der Waals surface area contributed by atoms with Gasteiger partial charge in [0, 0.05) is 18.7 Å². The number of amides is 1. The number of nitrogens with zero attached hydrogens (tertiary/aromatic N) is 6. The Labute approximate surface area is 184 Å². The van der Waals surface area contributed by atoms with Crippen LogP contribution in [-0.4, -0.2) is 56.1 Å². The van der Waals surface area contributed by atoms with Gasteiger partial charge in [-0.3, -0.25) is 4.79 Å². The SMILES string of the molecule is COc1ccccc1C(=O)N1CCC[C@@H](n2cc(-c3nc(-c4ccccc4)no3)nn2)C1. The predicted octanol–water partition coefficient (Wildman–Crippen LogP) is 3.48. The zero-order valence-corrected chi connectivity index (χ0v) is 17.6. The van der Waals surface area contributed by atoms with E-state index in [-0.39, 0.29) is 11.9 Å². The van der Waals surface area contributed by atoms with Crippen molar-refractivity contribution in [2.24, 2.45) is 0 Å². The molecule has 1 atom stereocenters. The van der Waals surface area contributed by atoms with Gasteiger partial charge in [-0.15, -0.1) is 5.10 Å². The summed E-state index contributed by atoms with van der Waals surface area (Å²) < 4.78 is 12.5. The summed E-state index contributed by atoms with van der Waals surface area (Å²) in [6, 6.07) is 16.9. The van der Waals surface area contributed by atoms with Crippen molar-refractivity contribution in [3.63, 3.8) is 0 Å². The molecule has 1 amide bonds. The molecule has 1 aliphatic heterocycles. The third-order valence-corrected chi connectivity index (χ3v) is 5.58. The molecule has 0 bridgehead atoms. The molecule has 1 saturated heterocycles. The molecule has 2 aromatic carbocycles. The third-order valence-electron chi connectivity index (χ3n) is 5.58. The molecule has 0 radical (unpaired) electrons. The normalized spacial score (nSPS) is 16.2. The Morgan fingerprint density at radius 2 is 1.94 bits per heavy atom. The molecular formula is C23H22N6O3. The van der Waals surface area contributed by atoms with E-state index in [2.05, 4.69) is 20.5 Å². The maximum absolute atomic E-state index is 13.1. The number of carbonyl (C=O) groups excluding carboxylic acids is 1. The summed E-state index contributed by atoms with van der Waals surface area (Å²) in [5.41, 5.74) is 1.94. The summed E-state index contributed by atoms with van der Waals surface area (Å²) in [6.45, 7) is 1.23. The third kappa shape index (κ3) is 3.84. The van der Waals surface area contributed by atoms with Crippen LogP contribution in [0.4, 0.5) is 0 Å². The van der Waals surface area contributed by atoms with Gasteiger partial charge in [-0.05, 0) is 25.0 Å². The maximum atomic E-state index is 13.1. The summed E-state index contributed by atoms with van der Waals surface area (Å²) in [6.07, 6.45) is 3.57. The number of rotatable bonds is 5. The van der Waals surface area contributed by atoms with Gasteiger partial charge in [-0.25, -0.2) is 4.68 Å². The minimum Gasteiger partial charge on any atom is -0.496 e. The molecule has 2 aromatic heterocycles. The van der Waals surface area contributed by atoms with Crippen molar-refractivity contribution in [1.82, 2.24) is 30.0 Å². The lowest BCUT2D eigenvalue weighted by Crippen LogP contribution is -2.41. The summed E-state index contributed by atoms with van der Waals surface area (Å²) in [5, 5.41) is 12.5. The van der Waals surface area contributed by atoms with Crippen LogP contribution < -0.4 is 4.74 Å². The number of aromatic nitrogens is 5. The number of para-hydroxylation sites is 1. The Balaban J connectivity index is 1.32. The standard InChI is InChI=1S/C23H22N6O3/c1-31-20-12-6-5-11-18(20)23(30)28-13-7-10-17(14-28)29-15-19(25-27-29)22-24-21(26-32-22)16-8-3-2-4-9-16/h2-6,8-9,11-12,15,17H,7,10,13-14H2,1H3/t17-/m1/s1.